The van der Waals surface area contributed by atoms with Crippen molar-refractivity contribution in [1.82, 2.24) is 4.90 Å². The molecule has 0 saturated carbocycles. The first-order valence-corrected chi connectivity index (χ1v) is 4.79. The zero-order chi connectivity index (χ0) is 8.01. The molecule has 2 aliphatic rings. The van der Waals surface area contributed by atoms with Crippen molar-refractivity contribution in [2.24, 2.45) is 0 Å². The first-order valence-electron chi connectivity index (χ1n) is 3.58. The van der Waals surface area contributed by atoms with Gasteiger partial charge in [-0.25, -0.2) is 0 Å². The number of rotatable bonds is 0. The third-order valence-electron chi connectivity index (χ3n) is 2.18. The van der Waals surface area contributed by atoms with Crippen molar-refractivity contribution in [3.8, 4) is 0 Å². The van der Waals surface area contributed by atoms with E-state index in [1.165, 1.54) is 0 Å². The van der Waals surface area contributed by atoms with Gasteiger partial charge in [-0.05, 0) is 6.58 Å². The van der Waals surface area contributed by atoms with Crippen molar-refractivity contribution in [3.05, 3.63) is 11.5 Å². The summed E-state index contributed by atoms with van der Waals surface area (Å²) in [7, 11) is 0. The predicted octanol–water partition coefficient (Wildman–Crippen LogP) is 0.211. The molecule has 11 heavy (non-hydrogen) atoms. The van der Waals surface area contributed by atoms with E-state index in [2.05, 4.69) is 6.58 Å². The lowest BCUT2D eigenvalue weighted by molar-refractivity contribution is -0.142. The predicted molar refractivity (Wildman–Crippen MR) is 42.0 cm³/mol. The molecule has 2 rings (SSSR count). The highest BCUT2D eigenvalue weighted by atomic mass is 32.2. The van der Waals surface area contributed by atoms with Crippen molar-refractivity contribution in [2.75, 3.05) is 6.54 Å². The van der Waals surface area contributed by atoms with E-state index in [4.69, 9.17) is 0 Å². The third-order valence-corrected chi connectivity index (χ3v) is 3.87. The zero-order valence-corrected chi connectivity index (χ0v) is 6.89. The number of amides is 1. The summed E-state index contributed by atoms with van der Waals surface area (Å²) < 4.78 is 11.4. The zero-order valence-electron chi connectivity index (χ0n) is 6.08. The molecule has 1 amide bonds. The molecule has 1 unspecified atom stereocenters. The lowest BCUT2D eigenvalue weighted by Crippen LogP contribution is -2.59. The van der Waals surface area contributed by atoms with E-state index in [0.717, 1.165) is 4.91 Å². The van der Waals surface area contributed by atoms with Crippen LogP contribution in [0.3, 0.4) is 0 Å². The summed E-state index contributed by atoms with van der Waals surface area (Å²) in [5.41, 5.74) is 0. The van der Waals surface area contributed by atoms with Gasteiger partial charge in [0.1, 0.15) is 4.91 Å². The lowest BCUT2D eigenvalue weighted by atomic mass is 10.2. The van der Waals surface area contributed by atoms with Crippen molar-refractivity contribution in [2.45, 2.75) is 18.2 Å². The summed E-state index contributed by atoms with van der Waals surface area (Å²) in [6.45, 7) is 4.42. The van der Waals surface area contributed by atoms with E-state index in [1.807, 2.05) is 0 Å². The molecule has 0 bridgehead atoms. The van der Waals surface area contributed by atoms with Crippen LogP contribution in [0.1, 0.15) is 12.8 Å². The molecular weight excluding hydrogens is 162 g/mol. The highest BCUT2D eigenvalue weighted by molar-refractivity contribution is 7.95. The van der Waals surface area contributed by atoms with Crippen LogP contribution < -0.4 is 0 Å². The van der Waals surface area contributed by atoms with Crippen molar-refractivity contribution >= 4 is 17.1 Å². The van der Waals surface area contributed by atoms with Crippen LogP contribution in [-0.4, -0.2) is 27.3 Å². The van der Waals surface area contributed by atoms with Crippen LogP contribution in [0.15, 0.2) is 11.5 Å². The molecule has 0 radical (unpaired) electrons. The maximum Gasteiger partial charge on any atom is 0.233 e. The number of hydrogen-bond acceptors (Lipinski definition) is 2. The molecule has 60 valence electrons. The molecule has 0 spiro atoms. The molecule has 2 aliphatic heterocycles. The van der Waals surface area contributed by atoms with Gasteiger partial charge in [0.25, 0.3) is 0 Å². The maximum atomic E-state index is 11.4. The first-order chi connectivity index (χ1) is 5.20. The van der Waals surface area contributed by atoms with Gasteiger partial charge in [-0.3, -0.25) is 9.69 Å². The van der Waals surface area contributed by atoms with Gasteiger partial charge in [-0.1, -0.05) is 0 Å². The highest BCUT2D eigenvalue weighted by Crippen LogP contribution is 2.34. The Balaban J connectivity index is 2.13. The largest absolute Gasteiger partial charge is 0.610 e. The molecule has 2 saturated heterocycles. The Bertz CT molecular complexity index is 226. The summed E-state index contributed by atoms with van der Waals surface area (Å²) >= 11 is -0.983. The van der Waals surface area contributed by atoms with Gasteiger partial charge in [-0.15, -0.1) is 0 Å². The molecular formula is C7H9NO2S. The van der Waals surface area contributed by atoms with Gasteiger partial charge in [0.15, 0.2) is 0 Å². The molecule has 2 atom stereocenters. The van der Waals surface area contributed by atoms with Crippen LogP contribution in [0.2, 0.25) is 0 Å². The molecule has 2 fully saturated rings. The number of fused-ring (bicyclic) bond motifs is 1. The smallest absolute Gasteiger partial charge is 0.233 e. The van der Waals surface area contributed by atoms with E-state index in [9.17, 15) is 9.35 Å². The van der Waals surface area contributed by atoms with Crippen molar-refractivity contribution in [3.63, 3.8) is 0 Å². The Morgan fingerprint density at radius 2 is 2.45 bits per heavy atom. The number of carbonyl (C=O) groups excluding carboxylic acids is 1. The Hall–Kier alpha value is -0.480. The second-order valence-corrected chi connectivity index (χ2v) is 4.55. The minimum Gasteiger partial charge on any atom is -0.610 e. The molecule has 0 aliphatic carbocycles. The number of nitrogens with zero attached hydrogens (tertiary/aromatic N) is 1. The number of β-lactam (4-membered cyclic amide) rings is 1. The monoisotopic (exact) mass is 171 g/mol. The van der Waals surface area contributed by atoms with Gasteiger partial charge in [0, 0.05) is 24.1 Å². The van der Waals surface area contributed by atoms with E-state index >= 15 is 0 Å². The van der Waals surface area contributed by atoms with E-state index < -0.39 is 11.2 Å². The Kier molecular flexibility index (Phi) is 1.47. The van der Waals surface area contributed by atoms with E-state index in [1.54, 1.807) is 4.90 Å². The highest BCUT2D eigenvalue weighted by Gasteiger charge is 2.48. The van der Waals surface area contributed by atoms with E-state index in [0.29, 0.717) is 19.4 Å². The summed E-state index contributed by atoms with van der Waals surface area (Å²) in [5.74, 6) is 0.135. The minimum atomic E-state index is -0.983. The van der Waals surface area contributed by atoms with Crippen LogP contribution in [-0.2, 0) is 16.0 Å². The molecule has 0 aromatic rings. The maximum absolute atomic E-state index is 11.4. The summed E-state index contributed by atoms with van der Waals surface area (Å²) in [4.78, 5) is 13.4. The molecule has 0 N–H and O–H groups in total. The van der Waals surface area contributed by atoms with Crippen LogP contribution in [0.5, 0.6) is 0 Å². The van der Waals surface area contributed by atoms with Gasteiger partial charge in [0.2, 0.25) is 11.3 Å². The van der Waals surface area contributed by atoms with Gasteiger partial charge in [-0.2, -0.15) is 0 Å². The summed E-state index contributed by atoms with van der Waals surface area (Å²) in [6, 6.07) is 0. The van der Waals surface area contributed by atoms with Crippen molar-refractivity contribution < 1.29 is 9.35 Å². The second-order valence-electron chi connectivity index (χ2n) is 2.83. The molecule has 4 heteroatoms. The van der Waals surface area contributed by atoms with Gasteiger partial charge in [0.05, 0.1) is 6.42 Å². The van der Waals surface area contributed by atoms with Gasteiger partial charge < -0.3 is 4.55 Å². The summed E-state index contributed by atoms with van der Waals surface area (Å²) in [5, 5.41) is -0.0382. The van der Waals surface area contributed by atoms with Crippen LogP contribution in [0.25, 0.3) is 0 Å². The van der Waals surface area contributed by atoms with Crippen LogP contribution in [0, 0.1) is 0 Å². The fourth-order valence-corrected chi connectivity index (χ4v) is 2.85. The standard InChI is InChI=1S/C7H9NO2S/c1-5-2-3-8-6(9)4-7(8)11(5)10/h7H,1-4H2/t7-,11?/m1/s1. The second kappa shape index (κ2) is 2.25. The average molecular weight is 171 g/mol. The molecule has 3 nitrogen and oxygen atoms in total. The molecule has 0 aromatic heterocycles. The fourth-order valence-electron chi connectivity index (χ4n) is 1.42. The van der Waals surface area contributed by atoms with E-state index in [-0.39, 0.29) is 11.3 Å². The quantitative estimate of drug-likeness (QED) is 0.386. The normalized spacial score (nSPS) is 36.6. The fraction of sp³-hybridized carbons (Fsp3) is 0.571. The van der Waals surface area contributed by atoms with Crippen molar-refractivity contribution in [1.29, 1.82) is 0 Å². The molecule has 2 heterocycles. The van der Waals surface area contributed by atoms with Gasteiger partial charge >= 0.3 is 0 Å². The van der Waals surface area contributed by atoms with Crippen LogP contribution in [0.4, 0.5) is 0 Å². The Labute approximate surface area is 68.2 Å². The minimum absolute atomic E-state index is 0.0382. The average Bonchev–Trinajstić information content (AvgIpc) is 1.96. The Morgan fingerprint density at radius 1 is 1.73 bits per heavy atom. The van der Waals surface area contributed by atoms with Crippen LogP contribution >= 0.6 is 0 Å². The topological polar surface area (TPSA) is 43.4 Å². The number of hydrogen-bond donors (Lipinski definition) is 0. The number of carbonyl (C=O) groups is 1. The Morgan fingerprint density at radius 3 is 3.09 bits per heavy atom. The lowest BCUT2D eigenvalue weighted by Gasteiger charge is -2.43. The molecule has 0 aromatic carbocycles. The summed E-state index contributed by atoms with van der Waals surface area (Å²) in [6.07, 6.45) is 1.15. The SMILES string of the molecule is C=C1CCN2C(=O)C[C@H]2[S+]1[O-]. The third kappa shape index (κ3) is 0.895. The first kappa shape index (κ1) is 7.18.